The molecule has 1 N–H and O–H groups in total. The van der Waals surface area contributed by atoms with E-state index in [0.29, 0.717) is 0 Å². The highest BCUT2D eigenvalue weighted by molar-refractivity contribution is 7.22. The first-order chi connectivity index (χ1) is 12.9. The van der Waals surface area contributed by atoms with Crippen molar-refractivity contribution in [3.05, 3.63) is 97.1 Å². The standard InChI is InChI=1S/C24H17NS/c1-3-9-21-17(6-1)8-5-10-22(21)25-20-14-12-18(13-15-20)24-16-19-7-2-4-11-23(19)26-24/h1-16,25H. The van der Waals surface area contributed by atoms with Crippen LogP contribution in [0.1, 0.15) is 0 Å². The second-order valence-electron chi connectivity index (χ2n) is 6.38. The lowest BCUT2D eigenvalue weighted by molar-refractivity contribution is 1.58. The molecule has 0 unspecified atom stereocenters. The number of hydrogen-bond acceptors (Lipinski definition) is 2. The van der Waals surface area contributed by atoms with Crippen LogP contribution in [-0.4, -0.2) is 0 Å². The summed E-state index contributed by atoms with van der Waals surface area (Å²) in [5.41, 5.74) is 3.50. The van der Waals surface area contributed by atoms with Gasteiger partial charge in [-0.15, -0.1) is 11.3 Å². The summed E-state index contributed by atoms with van der Waals surface area (Å²) >= 11 is 1.84. The van der Waals surface area contributed by atoms with Crippen LogP contribution < -0.4 is 5.32 Å². The molecule has 5 rings (SSSR count). The minimum atomic E-state index is 1.10. The summed E-state index contributed by atoms with van der Waals surface area (Å²) in [6, 6.07) is 34.3. The first-order valence-electron chi connectivity index (χ1n) is 8.71. The van der Waals surface area contributed by atoms with Gasteiger partial charge in [-0.3, -0.25) is 0 Å². The fraction of sp³-hybridized carbons (Fsp3) is 0. The Bertz CT molecular complexity index is 1160. The van der Waals surface area contributed by atoms with Crippen molar-refractivity contribution in [3.63, 3.8) is 0 Å². The number of benzene rings is 4. The molecule has 26 heavy (non-hydrogen) atoms. The van der Waals surface area contributed by atoms with Crippen LogP contribution in [0.2, 0.25) is 0 Å². The molecule has 0 fully saturated rings. The summed E-state index contributed by atoms with van der Waals surface area (Å²) in [5.74, 6) is 0. The number of hydrogen-bond donors (Lipinski definition) is 1. The molecule has 0 spiro atoms. The van der Waals surface area contributed by atoms with E-state index in [-0.39, 0.29) is 0 Å². The van der Waals surface area contributed by atoms with Crippen LogP contribution in [0.3, 0.4) is 0 Å². The molecule has 5 aromatic rings. The molecule has 1 heterocycles. The predicted octanol–water partition coefficient (Wildman–Crippen LogP) is 7.47. The molecule has 0 radical (unpaired) electrons. The van der Waals surface area contributed by atoms with Gasteiger partial charge in [0.15, 0.2) is 0 Å². The van der Waals surface area contributed by atoms with Gasteiger partial charge in [0.1, 0.15) is 0 Å². The molecule has 0 atom stereocenters. The lowest BCUT2D eigenvalue weighted by Crippen LogP contribution is -1.91. The molecule has 124 valence electrons. The van der Waals surface area contributed by atoms with E-state index in [1.165, 1.54) is 31.3 Å². The maximum atomic E-state index is 3.56. The van der Waals surface area contributed by atoms with Crippen molar-refractivity contribution in [2.24, 2.45) is 0 Å². The smallest absolute Gasteiger partial charge is 0.0463 e. The average Bonchev–Trinajstić information content (AvgIpc) is 3.13. The number of thiophene rings is 1. The van der Waals surface area contributed by atoms with Gasteiger partial charge in [0.25, 0.3) is 0 Å². The summed E-state index contributed by atoms with van der Waals surface area (Å²) in [6.07, 6.45) is 0. The van der Waals surface area contributed by atoms with Crippen LogP contribution in [0, 0.1) is 0 Å². The minimum Gasteiger partial charge on any atom is -0.355 e. The average molecular weight is 351 g/mol. The van der Waals surface area contributed by atoms with Gasteiger partial charge < -0.3 is 5.32 Å². The summed E-state index contributed by atoms with van der Waals surface area (Å²) in [5, 5.41) is 7.36. The molecule has 1 aromatic heterocycles. The van der Waals surface area contributed by atoms with Crippen LogP contribution >= 0.6 is 11.3 Å². The first-order valence-corrected chi connectivity index (χ1v) is 9.52. The maximum Gasteiger partial charge on any atom is 0.0463 e. The molecule has 0 aliphatic rings. The van der Waals surface area contributed by atoms with Crippen molar-refractivity contribution in [1.29, 1.82) is 0 Å². The van der Waals surface area contributed by atoms with Gasteiger partial charge in [-0.25, -0.2) is 0 Å². The molecule has 1 nitrogen and oxygen atoms in total. The Kier molecular flexibility index (Phi) is 3.69. The van der Waals surface area contributed by atoms with Gasteiger partial charge in [0, 0.05) is 26.3 Å². The lowest BCUT2D eigenvalue weighted by atomic mass is 10.1. The zero-order chi connectivity index (χ0) is 17.3. The number of anilines is 2. The normalized spacial score (nSPS) is 11.1. The van der Waals surface area contributed by atoms with Crippen molar-refractivity contribution < 1.29 is 0 Å². The second-order valence-corrected chi connectivity index (χ2v) is 7.46. The Morgan fingerprint density at radius 2 is 1.35 bits per heavy atom. The van der Waals surface area contributed by atoms with E-state index in [9.17, 15) is 0 Å². The van der Waals surface area contributed by atoms with Crippen LogP contribution in [-0.2, 0) is 0 Å². The lowest BCUT2D eigenvalue weighted by Gasteiger charge is -2.10. The maximum absolute atomic E-state index is 3.56. The summed E-state index contributed by atoms with van der Waals surface area (Å²) in [7, 11) is 0. The Labute approximate surface area is 156 Å². The van der Waals surface area contributed by atoms with E-state index in [1.807, 2.05) is 11.3 Å². The zero-order valence-electron chi connectivity index (χ0n) is 14.1. The van der Waals surface area contributed by atoms with Gasteiger partial charge in [-0.05, 0) is 46.7 Å². The molecular formula is C24H17NS. The second kappa shape index (κ2) is 6.32. The number of fused-ring (bicyclic) bond motifs is 2. The highest BCUT2D eigenvalue weighted by Crippen LogP contribution is 2.34. The van der Waals surface area contributed by atoms with Crippen molar-refractivity contribution in [2.75, 3.05) is 5.32 Å². The van der Waals surface area contributed by atoms with E-state index in [4.69, 9.17) is 0 Å². The molecule has 0 aliphatic carbocycles. The summed E-state index contributed by atoms with van der Waals surface area (Å²) < 4.78 is 1.33. The fourth-order valence-electron chi connectivity index (χ4n) is 3.33. The fourth-order valence-corrected chi connectivity index (χ4v) is 4.40. The van der Waals surface area contributed by atoms with Gasteiger partial charge in [0.05, 0.1) is 0 Å². The molecule has 0 bridgehead atoms. The van der Waals surface area contributed by atoms with E-state index < -0.39 is 0 Å². The van der Waals surface area contributed by atoms with Crippen LogP contribution in [0.4, 0.5) is 11.4 Å². The quantitative estimate of drug-likeness (QED) is 0.355. The Morgan fingerprint density at radius 3 is 2.19 bits per heavy atom. The first kappa shape index (κ1) is 15.2. The van der Waals surface area contributed by atoms with E-state index in [1.54, 1.807) is 0 Å². The van der Waals surface area contributed by atoms with Crippen molar-refractivity contribution in [3.8, 4) is 10.4 Å². The number of nitrogens with one attached hydrogen (secondary N) is 1. The SMILES string of the molecule is c1ccc2sc(-c3ccc(Nc4cccc5ccccc45)cc3)cc2c1. The Hall–Kier alpha value is -3.10. The zero-order valence-corrected chi connectivity index (χ0v) is 15.0. The molecule has 0 saturated heterocycles. The molecule has 0 amide bonds. The Balaban J connectivity index is 1.46. The van der Waals surface area contributed by atoms with Crippen LogP contribution in [0.25, 0.3) is 31.3 Å². The van der Waals surface area contributed by atoms with Gasteiger partial charge in [-0.1, -0.05) is 66.7 Å². The third-order valence-electron chi connectivity index (χ3n) is 4.66. The third-order valence-corrected chi connectivity index (χ3v) is 5.83. The topological polar surface area (TPSA) is 12.0 Å². The van der Waals surface area contributed by atoms with Crippen molar-refractivity contribution in [1.82, 2.24) is 0 Å². The molecule has 0 aliphatic heterocycles. The van der Waals surface area contributed by atoms with Crippen molar-refractivity contribution in [2.45, 2.75) is 0 Å². The minimum absolute atomic E-state index is 1.10. The monoisotopic (exact) mass is 351 g/mol. The van der Waals surface area contributed by atoms with Gasteiger partial charge >= 0.3 is 0 Å². The van der Waals surface area contributed by atoms with E-state index >= 15 is 0 Å². The van der Waals surface area contributed by atoms with Gasteiger partial charge in [0.2, 0.25) is 0 Å². The largest absolute Gasteiger partial charge is 0.355 e. The summed E-state index contributed by atoms with van der Waals surface area (Å²) in [4.78, 5) is 1.31. The van der Waals surface area contributed by atoms with Crippen LogP contribution in [0.15, 0.2) is 97.1 Å². The highest BCUT2D eigenvalue weighted by Gasteiger charge is 2.05. The Morgan fingerprint density at radius 1 is 0.615 bits per heavy atom. The van der Waals surface area contributed by atoms with Crippen LogP contribution in [0.5, 0.6) is 0 Å². The van der Waals surface area contributed by atoms with Crippen molar-refractivity contribution >= 4 is 43.6 Å². The third kappa shape index (κ3) is 2.75. The molecule has 0 saturated carbocycles. The molecular weight excluding hydrogens is 334 g/mol. The van der Waals surface area contributed by atoms with Gasteiger partial charge in [-0.2, -0.15) is 0 Å². The van der Waals surface area contributed by atoms with E-state index in [0.717, 1.165) is 11.4 Å². The molecule has 2 heteroatoms. The predicted molar refractivity (Wildman–Crippen MR) is 114 cm³/mol. The van der Waals surface area contributed by atoms with E-state index in [2.05, 4.69) is 102 Å². The highest BCUT2D eigenvalue weighted by atomic mass is 32.1. The number of rotatable bonds is 3. The summed E-state index contributed by atoms with van der Waals surface area (Å²) in [6.45, 7) is 0. The molecule has 4 aromatic carbocycles.